The summed E-state index contributed by atoms with van der Waals surface area (Å²) in [6, 6.07) is 18.5. The average Bonchev–Trinajstić information content (AvgIpc) is 2.48. The molecule has 0 aromatic heterocycles. The Morgan fingerprint density at radius 2 is 1.60 bits per heavy atom. The van der Waals surface area contributed by atoms with E-state index in [1.165, 1.54) is 22.1 Å². The van der Waals surface area contributed by atoms with Gasteiger partial charge in [-0.25, -0.2) is 0 Å². The summed E-state index contributed by atoms with van der Waals surface area (Å²) in [5.41, 5.74) is 4.40. The van der Waals surface area contributed by atoms with E-state index in [1.807, 2.05) is 18.2 Å². The van der Waals surface area contributed by atoms with Crippen molar-refractivity contribution in [3.8, 4) is 16.9 Å². The van der Waals surface area contributed by atoms with Gasteiger partial charge in [0.2, 0.25) is 0 Å². The van der Waals surface area contributed by atoms with E-state index < -0.39 is 0 Å². The molecule has 0 unspecified atom stereocenters. The molecule has 0 aliphatic rings. The topological polar surface area (TPSA) is 9.23 Å². The zero-order valence-corrected chi connectivity index (χ0v) is 11.7. The zero-order chi connectivity index (χ0) is 14.1. The Hall–Kier alpha value is -2.22. The summed E-state index contributed by atoms with van der Waals surface area (Å²) in [6.07, 6.45) is 0. The van der Waals surface area contributed by atoms with Crippen molar-refractivity contribution in [2.45, 2.75) is 6.92 Å². The van der Waals surface area contributed by atoms with E-state index in [0.29, 0.717) is 0 Å². The predicted molar refractivity (Wildman–Crippen MR) is 86.1 cm³/mol. The van der Waals surface area contributed by atoms with Crippen molar-refractivity contribution >= 4 is 24.1 Å². The molecule has 2 heteroatoms. The van der Waals surface area contributed by atoms with Crippen LogP contribution in [0.2, 0.25) is 0 Å². The fraction of sp³-hybridized carbons (Fsp3) is 0.111. The minimum Gasteiger partial charge on any atom is -0.497 e. The predicted octanol–water partition coefficient (Wildman–Crippen LogP) is 3.62. The standard InChI is InChI=1S/C18H15BO/c1-12-3-8-16-15(9-10-18(19)17(16)11-12)13-4-6-14(20-2)7-5-13/h3-11H,1-2H3. The summed E-state index contributed by atoms with van der Waals surface area (Å²) in [5, 5.41) is 2.29. The van der Waals surface area contributed by atoms with Gasteiger partial charge in [-0.1, -0.05) is 53.5 Å². The van der Waals surface area contributed by atoms with Crippen LogP contribution in [0.1, 0.15) is 5.56 Å². The van der Waals surface area contributed by atoms with Crippen LogP contribution in [0.3, 0.4) is 0 Å². The molecule has 0 heterocycles. The maximum absolute atomic E-state index is 6.10. The highest BCUT2D eigenvalue weighted by molar-refractivity contribution is 6.39. The van der Waals surface area contributed by atoms with Crippen LogP contribution in [0.5, 0.6) is 5.75 Å². The molecule has 0 atom stereocenters. The molecule has 3 aromatic rings. The van der Waals surface area contributed by atoms with Crippen molar-refractivity contribution in [3.05, 3.63) is 60.2 Å². The fourth-order valence-corrected chi connectivity index (χ4v) is 2.51. The zero-order valence-electron chi connectivity index (χ0n) is 11.7. The van der Waals surface area contributed by atoms with Gasteiger partial charge >= 0.3 is 0 Å². The lowest BCUT2D eigenvalue weighted by Gasteiger charge is -2.11. The van der Waals surface area contributed by atoms with Gasteiger partial charge in [-0.05, 0) is 41.0 Å². The SMILES string of the molecule is [B]c1ccc(-c2ccc(OC)cc2)c2ccc(C)cc12. The van der Waals surface area contributed by atoms with Gasteiger partial charge in [-0.15, -0.1) is 0 Å². The molecule has 1 nitrogen and oxygen atoms in total. The first-order valence-corrected chi connectivity index (χ1v) is 6.62. The highest BCUT2D eigenvalue weighted by Gasteiger charge is 2.06. The number of aryl methyl sites for hydroxylation is 1. The van der Waals surface area contributed by atoms with Gasteiger partial charge in [-0.2, -0.15) is 0 Å². The van der Waals surface area contributed by atoms with E-state index in [2.05, 4.69) is 43.3 Å². The molecule has 0 aliphatic heterocycles. The van der Waals surface area contributed by atoms with Gasteiger partial charge in [0.25, 0.3) is 0 Å². The Kier molecular flexibility index (Phi) is 3.23. The van der Waals surface area contributed by atoms with E-state index in [0.717, 1.165) is 16.6 Å². The van der Waals surface area contributed by atoms with Crippen molar-refractivity contribution in [1.82, 2.24) is 0 Å². The van der Waals surface area contributed by atoms with Gasteiger partial charge in [-0.3, -0.25) is 0 Å². The number of fused-ring (bicyclic) bond motifs is 1. The summed E-state index contributed by atoms with van der Waals surface area (Å²) in [5.74, 6) is 0.865. The van der Waals surface area contributed by atoms with Gasteiger partial charge in [0.05, 0.1) is 7.11 Å². The molecule has 0 spiro atoms. The third-order valence-electron chi connectivity index (χ3n) is 3.61. The van der Waals surface area contributed by atoms with Gasteiger partial charge in [0.1, 0.15) is 13.6 Å². The molecule has 96 valence electrons. The first-order valence-electron chi connectivity index (χ1n) is 6.62. The van der Waals surface area contributed by atoms with Crippen LogP contribution in [-0.2, 0) is 0 Å². The lowest BCUT2D eigenvalue weighted by molar-refractivity contribution is 0.415. The summed E-state index contributed by atoms with van der Waals surface area (Å²) in [6.45, 7) is 2.08. The number of benzene rings is 3. The largest absolute Gasteiger partial charge is 0.497 e. The van der Waals surface area contributed by atoms with Crippen LogP contribution in [-0.4, -0.2) is 15.0 Å². The molecule has 0 amide bonds. The summed E-state index contributed by atoms with van der Waals surface area (Å²) >= 11 is 0. The third-order valence-corrected chi connectivity index (χ3v) is 3.61. The van der Waals surface area contributed by atoms with Crippen LogP contribution in [0.15, 0.2) is 54.6 Å². The van der Waals surface area contributed by atoms with Gasteiger partial charge in [0.15, 0.2) is 0 Å². The number of methoxy groups -OCH3 is 1. The van der Waals surface area contributed by atoms with Crippen LogP contribution in [0.25, 0.3) is 21.9 Å². The molecular formula is C18H15BO. The molecular weight excluding hydrogens is 243 g/mol. The van der Waals surface area contributed by atoms with E-state index in [1.54, 1.807) is 7.11 Å². The normalized spacial score (nSPS) is 10.7. The van der Waals surface area contributed by atoms with Crippen molar-refractivity contribution in [2.75, 3.05) is 7.11 Å². The van der Waals surface area contributed by atoms with Crippen LogP contribution in [0.4, 0.5) is 0 Å². The monoisotopic (exact) mass is 258 g/mol. The highest BCUT2D eigenvalue weighted by Crippen LogP contribution is 2.29. The quantitative estimate of drug-likeness (QED) is 0.638. The average molecular weight is 258 g/mol. The fourth-order valence-electron chi connectivity index (χ4n) is 2.51. The van der Waals surface area contributed by atoms with E-state index in [9.17, 15) is 0 Å². The van der Waals surface area contributed by atoms with Crippen LogP contribution >= 0.6 is 0 Å². The maximum atomic E-state index is 6.10. The second-order valence-electron chi connectivity index (χ2n) is 4.98. The molecule has 3 aromatic carbocycles. The van der Waals surface area contributed by atoms with E-state index in [-0.39, 0.29) is 0 Å². The molecule has 0 saturated heterocycles. The van der Waals surface area contributed by atoms with E-state index in [4.69, 9.17) is 12.6 Å². The molecule has 20 heavy (non-hydrogen) atoms. The molecule has 0 bridgehead atoms. The number of hydrogen-bond acceptors (Lipinski definition) is 1. The summed E-state index contributed by atoms with van der Waals surface area (Å²) in [7, 11) is 7.77. The Labute approximate surface area is 120 Å². The van der Waals surface area contributed by atoms with Crippen LogP contribution < -0.4 is 10.2 Å². The number of ether oxygens (including phenoxy) is 1. The molecule has 3 rings (SSSR count). The molecule has 2 radical (unpaired) electrons. The molecule has 0 aliphatic carbocycles. The lowest BCUT2D eigenvalue weighted by atomic mass is 9.86. The molecule has 0 N–H and O–H groups in total. The highest BCUT2D eigenvalue weighted by atomic mass is 16.5. The Morgan fingerprint density at radius 3 is 2.30 bits per heavy atom. The summed E-state index contributed by atoms with van der Waals surface area (Å²) in [4.78, 5) is 0. The third kappa shape index (κ3) is 2.18. The molecule has 0 fully saturated rings. The first kappa shape index (κ1) is 12.8. The Balaban J connectivity index is 2.22. The minimum absolute atomic E-state index is 0.820. The van der Waals surface area contributed by atoms with E-state index >= 15 is 0 Å². The van der Waals surface area contributed by atoms with Crippen molar-refractivity contribution in [3.63, 3.8) is 0 Å². The summed E-state index contributed by atoms with van der Waals surface area (Å²) < 4.78 is 5.21. The number of rotatable bonds is 2. The first-order chi connectivity index (χ1) is 9.69. The Morgan fingerprint density at radius 1 is 0.850 bits per heavy atom. The van der Waals surface area contributed by atoms with Crippen LogP contribution in [0, 0.1) is 6.92 Å². The second kappa shape index (κ2) is 5.05. The van der Waals surface area contributed by atoms with Crippen molar-refractivity contribution < 1.29 is 4.74 Å². The van der Waals surface area contributed by atoms with Gasteiger partial charge in [0, 0.05) is 0 Å². The molecule has 0 saturated carbocycles. The maximum Gasteiger partial charge on any atom is 0.118 e. The Bertz CT molecular complexity index is 760. The van der Waals surface area contributed by atoms with Crippen molar-refractivity contribution in [2.24, 2.45) is 0 Å². The van der Waals surface area contributed by atoms with Gasteiger partial charge < -0.3 is 4.74 Å². The lowest BCUT2D eigenvalue weighted by Crippen LogP contribution is -2.04. The smallest absolute Gasteiger partial charge is 0.118 e. The number of hydrogen-bond donors (Lipinski definition) is 0. The second-order valence-corrected chi connectivity index (χ2v) is 4.98. The van der Waals surface area contributed by atoms with Crippen molar-refractivity contribution in [1.29, 1.82) is 0 Å². The minimum atomic E-state index is 0.820.